The van der Waals surface area contributed by atoms with E-state index in [9.17, 15) is 27.2 Å². The lowest BCUT2D eigenvalue weighted by atomic mass is 10.1. The summed E-state index contributed by atoms with van der Waals surface area (Å²) in [5, 5.41) is 14.3. The number of nitrogens with zero attached hydrogens (tertiary/aromatic N) is 5. The van der Waals surface area contributed by atoms with Crippen molar-refractivity contribution in [3.8, 4) is 11.4 Å². The minimum absolute atomic E-state index is 0.109. The molecule has 0 saturated heterocycles. The number of benzene rings is 2. The number of carbonyl (C=O) groups excluding carboxylic acids is 2. The molecule has 0 bridgehead atoms. The number of anilines is 1. The van der Waals surface area contributed by atoms with E-state index in [0.717, 1.165) is 27.9 Å². The smallest absolute Gasteiger partial charge is 0.350 e. The standard InChI is InChI=1S/C22H22F4N6O2/c1-21(2,3)27-18(33)12-31(17-6-4-5-15(11-17)22(24,25)26)19(34)13-32-29-20(28-30-32)14-7-9-16(23)10-8-14/h4-11H,12-13H2,1-3H3,(H,27,33). The molecule has 34 heavy (non-hydrogen) atoms. The highest BCUT2D eigenvalue weighted by Crippen LogP contribution is 2.31. The Morgan fingerprint density at radius 2 is 1.74 bits per heavy atom. The molecule has 2 amide bonds. The van der Waals surface area contributed by atoms with Gasteiger partial charge in [-0.1, -0.05) is 6.07 Å². The number of hydrogen-bond donors (Lipinski definition) is 1. The first-order valence-corrected chi connectivity index (χ1v) is 10.1. The molecule has 0 atom stereocenters. The maximum Gasteiger partial charge on any atom is 0.416 e. The van der Waals surface area contributed by atoms with Crippen LogP contribution in [0.25, 0.3) is 11.4 Å². The first kappa shape index (κ1) is 24.8. The van der Waals surface area contributed by atoms with Crippen molar-refractivity contribution in [1.82, 2.24) is 25.5 Å². The molecule has 2 aromatic carbocycles. The van der Waals surface area contributed by atoms with Gasteiger partial charge in [-0.15, -0.1) is 10.2 Å². The number of tetrazole rings is 1. The van der Waals surface area contributed by atoms with Gasteiger partial charge in [0, 0.05) is 16.8 Å². The van der Waals surface area contributed by atoms with Crippen LogP contribution in [0.15, 0.2) is 48.5 Å². The summed E-state index contributed by atoms with van der Waals surface area (Å²) in [5.41, 5.74) is -1.23. The zero-order chi connectivity index (χ0) is 25.1. The molecule has 1 N–H and O–H groups in total. The number of carbonyl (C=O) groups is 2. The molecular formula is C22H22F4N6O2. The van der Waals surface area contributed by atoms with Crippen LogP contribution in [0.2, 0.25) is 0 Å². The molecule has 1 heterocycles. The zero-order valence-electron chi connectivity index (χ0n) is 18.6. The molecule has 0 radical (unpaired) electrons. The third kappa shape index (κ3) is 6.59. The lowest BCUT2D eigenvalue weighted by Gasteiger charge is -2.26. The fourth-order valence-corrected chi connectivity index (χ4v) is 3.01. The number of halogens is 4. The van der Waals surface area contributed by atoms with Gasteiger partial charge in [0.25, 0.3) is 5.91 Å². The number of amides is 2. The van der Waals surface area contributed by atoms with Crippen LogP contribution < -0.4 is 10.2 Å². The summed E-state index contributed by atoms with van der Waals surface area (Å²) in [6, 6.07) is 9.41. The van der Waals surface area contributed by atoms with Crippen LogP contribution in [-0.2, 0) is 22.3 Å². The van der Waals surface area contributed by atoms with Gasteiger partial charge >= 0.3 is 6.18 Å². The van der Waals surface area contributed by atoms with E-state index < -0.39 is 48.0 Å². The Morgan fingerprint density at radius 1 is 1.06 bits per heavy atom. The molecule has 0 spiro atoms. The molecule has 0 saturated carbocycles. The Morgan fingerprint density at radius 3 is 2.35 bits per heavy atom. The Balaban J connectivity index is 1.86. The maximum atomic E-state index is 13.2. The Labute approximate surface area is 192 Å². The lowest BCUT2D eigenvalue weighted by molar-refractivity contribution is -0.137. The van der Waals surface area contributed by atoms with E-state index in [1.54, 1.807) is 20.8 Å². The summed E-state index contributed by atoms with van der Waals surface area (Å²) < 4.78 is 52.8. The minimum Gasteiger partial charge on any atom is -0.350 e. The van der Waals surface area contributed by atoms with Crippen molar-refractivity contribution in [1.29, 1.82) is 0 Å². The molecular weight excluding hydrogens is 456 g/mol. The monoisotopic (exact) mass is 478 g/mol. The van der Waals surface area contributed by atoms with E-state index in [4.69, 9.17) is 0 Å². The predicted molar refractivity (Wildman–Crippen MR) is 115 cm³/mol. The largest absolute Gasteiger partial charge is 0.416 e. The minimum atomic E-state index is -4.63. The average Bonchev–Trinajstić information content (AvgIpc) is 3.19. The molecule has 180 valence electrons. The quantitative estimate of drug-likeness (QED) is 0.548. The summed E-state index contributed by atoms with van der Waals surface area (Å²) >= 11 is 0. The summed E-state index contributed by atoms with van der Waals surface area (Å²) in [6.45, 7) is 4.19. The summed E-state index contributed by atoms with van der Waals surface area (Å²) in [5.74, 6) is -1.61. The van der Waals surface area contributed by atoms with Gasteiger partial charge in [-0.25, -0.2) is 4.39 Å². The second-order valence-electron chi connectivity index (χ2n) is 8.48. The van der Waals surface area contributed by atoms with E-state index in [0.29, 0.717) is 5.56 Å². The number of rotatable bonds is 6. The van der Waals surface area contributed by atoms with Crippen LogP contribution in [0.4, 0.5) is 23.2 Å². The fraction of sp³-hybridized carbons (Fsp3) is 0.318. The zero-order valence-corrected chi connectivity index (χ0v) is 18.6. The topological polar surface area (TPSA) is 93.0 Å². The van der Waals surface area contributed by atoms with Gasteiger partial charge in [-0.3, -0.25) is 9.59 Å². The fourth-order valence-electron chi connectivity index (χ4n) is 3.01. The molecule has 0 unspecified atom stereocenters. The van der Waals surface area contributed by atoms with Crippen molar-refractivity contribution in [2.45, 2.75) is 39.0 Å². The van der Waals surface area contributed by atoms with Crippen molar-refractivity contribution < 1.29 is 27.2 Å². The molecule has 0 fully saturated rings. The van der Waals surface area contributed by atoms with Crippen molar-refractivity contribution in [2.75, 3.05) is 11.4 Å². The Hall–Kier alpha value is -3.83. The van der Waals surface area contributed by atoms with E-state index >= 15 is 0 Å². The first-order valence-electron chi connectivity index (χ1n) is 10.1. The predicted octanol–water partition coefficient (Wildman–Crippen LogP) is 3.45. The molecule has 1 aromatic heterocycles. The maximum absolute atomic E-state index is 13.2. The summed E-state index contributed by atoms with van der Waals surface area (Å²) in [6.07, 6.45) is -4.63. The number of aromatic nitrogens is 4. The molecule has 0 aliphatic carbocycles. The molecule has 8 nitrogen and oxygen atoms in total. The summed E-state index contributed by atoms with van der Waals surface area (Å²) in [4.78, 5) is 27.4. The Bertz CT molecular complexity index is 1170. The third-order valence-electron chi connectivity index (χ3n) is 4.43. The van der Waals surface area contributed by atoms with Crippen LogP contribution in [-0.4, -0.2) is 44.1 Å². The SMILES string of the molecule is CC(C)(C)NC(=O)CN(C(=O)Cn1nnc(-c2ccc(F)cc2)n1)c1cccc(C(F)(F)F)c1. The highest BCUT2D eigenvalue weighted by Gasteiger charge is 2.32. The Kier molecular flexibility index (Phi) is 6.99. The number of hydrogen-bond acceptors (Lipinski definition) is 5. The van der Waals surface area contributed by atoms with Gasteiger partial charge in [-0.2, -0.15) is 18.0 Å². The van der Waals surface area contributed by atoms with Gasteiger partial charge in [-0.05, 0) is 68.4 Å². The highest BCUT2D eigenvalue weighted by molar-refractivity contribution is 5.98. The first-order chi connectivity index (χ1) is 15.8. The van der Waals surface area contributed by atoms with Crippen LogP contribution >= 0.6 is 0 Å². The van der Waals surface area contributed by atoms with Crippen molar-refractivity contribution in [3.63, 3.8) is 0 Å². The van der Waals surface area contributed by atoms with E-state index in [1.165, 1.54) is 30.3 Å². The van der Waals surface area contributed by atoms with Gasteiger partial charge in [0.1, 0.15) is 18.9 Å². The summed E-state index contributed by atoms with van der Waals surface area (Å²) in [7, 11) is 0. The van der Waals surface area contributed by atoms with Gasteiger partial charge in [0.15, 0.2) is 0 Å². The molecule has 12 heteroatoms. The molecule has 0 aliphatic heterocycles. The van der Waals surface area contributed by atoms with Crippen LogP contribution in [0.1, 0.15) is 26.3 Å². The molecule has 3 rings (SSSR count). The van der Waals surface area contributed by atoms with Gasteiger partial charge in [0.05, 0.1) is 5.56 Å². The van der Waals surface area contributed by atoms with Gasteiger partial charge < -0.3 is 10.2 Å². The van der Waals surface area contributed by atoms with Gasteiger partial charge in [0.2, 0.25) is 11.7 Å². The third-order valence-corrected chi connectivity index (χ3v) is 4.43. The second kappa shape index (κ2) is 9.57. The number of nitrogens with one attached hydrogen (secondary N) is 1. The van der Waals surface area contributed by atoms with Crippen LogP contribution in [0, 0.1) is 5.82 Å². The molecule has 3 aromatic rings. The average molecular weight is 478 g/mol. The van der Waals surface area contributed by atoms with Crippen LogP contribution in [0.5, 0.6) is 0 Å². The van der Waals surface area contributed by atoms with Crippen molar-refractivity contribution in [3.05, 3.63) is 59.9 Å². The van der Waals surface area contributed by atoms with Crippen LogP contribution in [0.3, 0.4) is 0 Å². The van der Waals surface area contributed by atoms with E-state index in [-0.39, 0.29) is 11.5 Å². The number of alkyl halides is 3. The van der Waals surface area contributed by atoms with E-state index in [2.05, 4.69) is 20.7 Å². The second-order valence-corrected chi connectivity index (χ2v) is 8.48. The van der Waals surface area contributed by atoms with Crippen molar-refractivity contribution >= 4 is 17.5 Å². The van der Waals surface area contributed by atoms with Crippen molar-refractivity contribution in [2.24, 2.45) is 0 Å². The lowest BCUT2D eigenvalue weighted by Crippen LogP contribution is -2.48. The normalized spacial score (nSPS) is 11.9. The van der Waals surface area contributed by atoms with E-state index in [1.807, 2.05) is 0 Å². The molecule has 0 aliphatic rings. The highest BCUT2D eigenvalue weighted by atomic mass is 19.4.